The summed E-state index contributed by atoms with van der Waals surface area (Å²) in [6.07, 6.45) is 11.1. The van der Waals surface area contributed by atoms with Crippen molar-refractivity contribution in [1.82, 2.24) is 0 Å². The fraction of sp³-hybridized carbons (Fsp3) is 0.917. The molecule has 0 aromatic rings. The average Bonchev–Trinajstić information content (AvgIpc) is 2.79. The molecule has 7 atom stereocenters. The van der Waals surface area contributed by atoms with Gasteiger partial charge >= 0.3 is 0 Å². The minimum absolute atomic E-state index is 0.118. The van der Waals surface area contributed by atoms with E-state index in [2.05, 4.69) is 6.92 Å². The third kappa shape index (κ3) is 11.5. The number of allylic oxidation sites excluding steroid dienone is 1. The summed E-state index contributed by atoms with van der Waals surface area (Å²) >= 11 is 0. The lowest BCUT2D eigenvalue weighted by Crippen LogP contribution is -2.59. The van der Waals surface area contributed by atoms with E-state index in [-0.39, 0.29) is 6.61 Å². The highest BCUT2D eigenvalue weighted by molar-refractivity contribution is 4.94. The Hall–Kier alpha value is -0.580. The van der Waals surface area contributed by atoms with Crippen molar-refractivity contribution >= 4 is 0 Å². The van der Waals surface area contributed by atoms with Crippen LogP contribution in [0.5, 0.6) is 0 Å². The Bertz CT molecular complexity index is 477. The molecule has 8 heteroatoms. The molecule has 0 aliphatic carbocycles. The zero-order chi connectivity index (χ0) is 23.8. The molecule has 1 fully saturated rings. The Labute approximate surface area is 193 Å². The van der Waals surface area contributed by atoms with Crippen molar-refractivity contribution in [3.05, 3.63) is 12.2 Å². The maximum atomic E-state index is 10.2. The molecule has 0 radical (unpaired) electrons. The van der Waals surface area contributed by atoms with Crippen molar-refractivity contribution in [3.8, 4) is 0 Å². The summed E-state index contributed by atoms with van der Waals surface area (Å²) in [5.41, 5.74) is 5.93. The minimum Gasteiger partial charge on any atom is -0.394 e. The number of aliphatic hydroxyl groups is 5. The molecule has 1 saturated heterocycles. The van der Waals surface area contributed by atoms with Crippen LogP contribution < -0.4 is 5.73 Å². The molecule has 0 amide bonds. The third-order valence-corrected chi connectivity index (χ3v) is 6.05. The van der Waals surface area contributed by atoms with Gasteiger partial charge in [0.25, 0.3) is 0 Å². The molecular formula is C24H47NO7. The molecule has 1 aliphatic rings. The smallest absolute Gasteiger partial charge is 0.186 e. The lowest BCUT2D eigenvalue weighted by molar-refractivity contribution is -0.302. The van der Waals surface area contributed by atoms with E-state index in [9.17, 15) is 25.5 Å². The van der Waals surface area contributed by atoms with Gasteiger partial charge in [0, 0.05) is 0 Å². The lowest BCUT2D eigenvalue weighted by Gasteiger charge is -2.39. The molecule has 190 valence electrons. The molecule has 0 saturated carbocycles. The van der Waals surface area contributed by atoms with E-state index in [0.717, 1.165) is 12.8 Å². The summed E-state index contributed by atoms with van der Waals surface area (Å²) in [5, 5.41) is 48.8. The quantitative estimate of drug-likeness (QED) is 0.134. The van der Waals surface area contributed by atoms with Gasteiger partial charge in [-0.2, -0.15) is 0 Å². The van der Waals surface area contributed by atoms with Crippen LogP contribution in [0.25, 0.3) is 0 Å². The molecule has 1 rings (SSSR count). The normalized spacial score (nSPS) is 28.3. The van der Waals surface area contributed by atoms with Gasteiger partial charge in [-0.25, -0.2) is 0 Å². The number of aliphatic hydroxyl groups excluding tert-OH is 5. The Morgan fingerprint density at radius 1 is 0.875 bits per heavy atom. The Kier molecular flexibility index (Phi) is 16.4. The molecule has 1 aliphatic heterocycles. The van der Waals surface area contributed by atoms with Crippen LogP contribution in [0.1, 0.15) is 84.0 Å². The highest BCUT2D eigenvalue weighted by atomic mass is 16.7. The summed E-state index contributed by atoms with van der Waals surface area (Å²) in [5.74, 6) is 0. The van der Waals surface area contributed by atoms with Gasteiger partial charge in [0.05, 0.1) is 25.4 Å². The first-order valence-electron chi connectivity index (χ1n) is 12.4. The summed E-state index contributed by atoms with van der Waals surface area (Å²) in [6, 6.07) is -0.740. The zero-order valence-electron chi connectivity index (χ0n) is 19.7. The van der Waals surface area contributed by atoms with Gasteiger partial charge in [0.2, 0.25) is 0 Å². The van der Waals surface area contributed by atoms with Crippen LogP contribution in [-0.4, -0.2) is 81.6 Å². The molecule has 1 heterocycles. The maximum absolute atomic E-state index is 10.2. The highest BCUT2D eigenvalue weighted by Gasteiger charge is 2.44. The molecule has 32 heavy (non-hydrogen) atoms. The molecule has 0 aromatic carbocycles. The summed E-state index contributed by atoms with van der Waals surface area (Å²) in [7, 11) is 0. The van der Waals surface area contributed by atoms with Crippen molar-refractivity contribution in [2.75, 3.05) is 13.2 Å². The maximum Gasteiger partial charge on any atom is 0.186 e. The minimum atomic E-state index is -1.50. The van der Waals surface area contributed by atoms with E-state index < -0.39 is 49.5 Å². The lowest BCUT2D eigenvalue weighted by atomic mass is 9.99. The van der Waals surface area contributed by atoms with Gasteiger partial charge < -0.3 is 40.7 Å². The second-order valence-electron chi connectivity index (χ2n) is 8.94. The molecule has 0 bridgehead atoms. The molecule has 5 unspecified atom stereocenters. The van der Waals surface area contributed by atoms with Gasteiger partial charge in [-0.05, 0) is 12.8 Å². The van der Waals surface area contributed by atoms with Crippen molar-refractivity contribution in [3.63, 3.8) is 0 Å². The first kappa shape index (κ1) is 29.5. The fourth-order valence-electron chi connectivity index (χ4n) is 3.81. The number of rotatable bonds is 18. The van der Waals surface area contributed by atoms with E-state index in [1.165, 1.54) is 64.2 Å². The number of nitrogens with two attached hydrogens (primary N) is 1. The second kappa shape index (κ2) is 17.8. The highest BCUT2D eigenvalue weighted by Crippen LogP contribution is 2.22. The van der Waals surface area contributed by atoms with Crippen LogP contribution in [0.15, 0.2) is 12.2 Å². The average molecular weight is 462 g/mol. The van der Waals surface area contributed by atoms with Crippen LogP contribution in [0.2, 0.25) is 0 Å². The van der Waals surface area contributed by atoms with E-state index >= 15 is 0 Å². The molecule has 7 N–H and O–H groups in total. The van der Waals surface area contributed by atoms with Gasteiger partial charge in [0.15, 0.2) is 6.29 Å². The monoisotopic (exact) mass is 461 g/mol. The van der Waals surface area contributed by atoms with Crippen LogP contribution in [0.4, 0.5) is 0 Å². The predicted octanol–water partition coefficient (Wildman–Crippen LogP) is 1.75. The molecule has 0 aromatic heterocycles. The molecule has 0 spiro atoms. The van der Waals surface area contributed by atoms with Crippen LogP contribution >= 0.6 is 0 Å². The predicted molar refractivity (Wildman–Crippen MR) is 124 cm³/mol. The summed E-state index contributed by atoms with van der Waals surface area (Å²) in [4.78, 5) is 0. The number of hydrogen-bond donors (Lipinski definition) is 6. The van der Waals surface area contributed by atoms with Crippen molar-refractivity contribution < 1.29 is 35.0 Å². The summed E-state index contributed by atoms with van der Waals surface area (Å²) < 4.78 is 10.6. The molecular weight excluding hydrogens is 414 g/mol. The number of hydrogen-bond acceptors (Lipinski definition) is 8. The van der Waals surface area contributed by atoms with Gasteiger partial charge in [-0.3, -0.25) is 0 Å². The number of ether oxygens (including phenoxy) is 2. The van der Waals surface area contributed by atoms with E-state index in [1.54, 1.807) is 6.08 Å². The zero-order valence-corrected chi connectivity index (χ0v) is 19.7. The second-order valence-corrected chi connectivity index (χ2v) is 8.94. The SMILES string of the molecule is CCCCCCCCCCCCC/C=C/[C@@H](O)[C@@H](N)COC1OC(CO)C(O)C(O)C1O. The van der Waals surface area contributed by atoms with Crippen LogP contribution in [0, 0.1) is 0 Å². The van der Waals surface area contributed by atoms with Gasteiger partial charge in [0.1, 0.15) is 24.4 Å². The first-order valence-corrected chi connectivity index (χ1v) is 12.4. The first-order chi connectivity index (χ1) is 15.4. The van der Waals surface area contributed by atoms with Crippen LogP contribution in [0.3, 0.4) is 0 Å². The Morgan fingerprint density at radius 2 is 1.44 bits per heavy atom. The Balaban J connectivity index is 2.10. The largest absolute Gasteiger partial charge is 0.394 e. The fourth-order valence-corrected chi connectivity index (χ4v) is 3.81. The third-order valence-electron chi connectivity index (χ3n) is 6.05. The van der Waals surface area contributed by atoms with E-state index in [1.807, 2.05) is 6.08 Å². The van der Waals surface area contributed by atoms with Crippen molar-refractivity contribution in [1.29, 1.82) is 0 Å². The van der Waals surface area contributed by atoms with Crippen molar-refractivity contribution in [2.24, 2.45) is 5.73 Å². The van der Waals surface area contributed by atoms with E-state index in [4.69, 9.17) is 15.2 Å². The standard InChI is InChI=1S/C24H47NO7/c1-2-3-4-5-6-7-8-9-10-11-12-13-14-15-19(27)18(25)17-31-24-23(30)22(29)21(28)20(16-26)32-24/h14-15,18-24,26-30H,2-13,16-17,25H2,1H3/b15-14+/t18-,19+,20?,21?,22?,23?,24?/m0/s1. The number of unbranched alkanes of at least 4 members (excludes halogenated alkanes) is 11. The molecule has 8 nitrogen and oxygen atoms in total. The van der Waals surface area contributed by atoms with Gasteiger partial charge in [-0.1, -0.05) is 83.3 Å². The Morgan fingerprint density at radius 3 is 2.00 bits per heavy atom. The van der Waals surface area contributed by atoms with E-state index in [0.29, 0.717) is 0 Å². The van der Waals surface area contributed by atoms with Crippen molar-refractivity contribution in [2.45, 2.75) is 127 Å². The topological polar surface area (TPSA) is 146 Å². The van der Waals surface area contributed by atoms with Gasteiger partial charge in [-0.15, -0.1) is 0 Å². The van der Waals surface area contributed by atoms with Crippen LogP contribution in [-0.2, 0) is 9.47 Å². The summed E-state index contributed by atoms with van der Waals surface area (Å²) in [6.45, 7) is 1.60.